The SMILES string of the molecule is COc1ccccc1C1=COC2CC(OC(=O)CCC3CCCC3)CCC2C1=O. The van der Waals surface area contributed by atoms with E-state index in [1.165, 1.54) is 25.7 Å². The zero-order valence-corrected chi connectivity index (χ0v) is 17.1. The van der Waals surface area contributed by atoms with E-state index in [0.29, 0.717) is 42.9 Å². The van der Waals surface area contributed by atoms with Gasteiger partial charge in [-0.05, 0) is 31.2 Å². The topological polar surface area (TPSA) is 61.8 Å². The number of para-hydroxylation sites is 1. The number of hydrogen-bond donors (Lipinski definition) is 0. The molecule has 156 valence electrons. The van der Waals surface area contributed by atoms with Gasteiger partial charge < -0.3 is 14.2 Å². The Morgan fingerprint density at radius 3 is 2.72 bits per heavy atom. The number of methoxy groups -OCH3 is 1. The molecule has 0 amide bonds. The van der Waals surface area contributed by atoms with Gasteiger partial charge in [0, 0.05) is 18.4 Å². The van der Waals surface area contributed by atoms with Crippen molar-refractivity contribution in [3.05, 3.63) is 36.1 Å². The van der Waals surface area contributed by atoms with Crippen LogP contribution in [0.4, 0.5) is 0 Å². The molecule has 0 radical (unpaired) electrons. The van der Waals surface area contributed by atoms with Crippen molar-refractivity contribution in [1.29, 1.82) is 0 Å². The molecule has 2 aliphatic carbocycles. The van der Waals surface area contributed by atoms with E-state index in [9.17, 15) is 9.59 Å². The van der Waals surface area contributed by atoms with Gasteiger partial charge in [0.2, 0.25) is 0 Å². The molecule has 3 unspecified atom stereocenters. The number of ether oxygens (including phenoxy) is 3. The summed E-state index contributed by atoms with van der Waals surface area (Å²) < 4.78 is 17.1. The zero-order chi connectivity index (χ0) is 20.2. The lowest BCUT2D eigenvalue weighted by Crippen LogP contribution is -2.42. The molecule has 2 saturated carbocycles. The van der Waals surface area contributed by atoms with Crippen LogP contribution in [0.3, 0.4) is 0 Å². The molecule has 0 saturated heterocycles. The molecule has 1 aromatic carbocycles. The summed E-state index contributed by atoms with van der Waals surface area (Å²) in [4.78, 5) is 25.3. The number of hydrogen-bond acceptors (Lipinski definition) is 5. The number of allylic oxidation sites excluding steroid dienone is 1. The van der Waals surface area contributed by atoms with Gasteiger partial charge in [0.1, 0.15) is 18.0 Å². The Bertz CT molecular complexity index is 777. The van der Waals surface area contributed by atoms with Gasteiger partial charge in [-0.2, -0.15) is 0 Å². The summed E-state index contributed by atoms with van der Waals surface area (Å²) in [6.07, 6.45) is 9.69. The van der Waals surface area contributed by atoms with E-state index < -0.39 is 0 Å². The van der Waals surface area contributed by atoms with Crippen molar-refractivity contribution < 1.29 is 23.8 Å². The molecule has 1 aromatic rings. The molecule has 29 heavy (non-hydrogen) atoms. The first-order valence-corrected chi connectivity index (χ1v) is 10.9. The molecule has 4 rings (SSSR count). The molecule has 3 aliphatic rings. The first-order chi connectivity index (χ1) is 14.2. The summed E-state index contributed by atoms with van der Waals surface area (Å²) in [6, 6.07) is 7.49. The predicted molar refractivity (Wildman–Crippen MR) is 109 cm³/mol. The van der Waals surface area contributed by atoms with Crippen molar-refractivity contribution in [3.8, 4) is 5.75 Å². The highest BCUT2D eigenvalue weighted by Gasteiger charge is 2.41. The van der Waals surface area contributed by atoms with Crippen LogP contribution in [0.15, 0.2) is 30.5 Å². The van der Waals surface area contributed by atoms with E-state index in [2.05, 4.69) is 0 Å². The minimum Gasteiger partial charge on any atom is -0.496 e. The number of Topliss-reactive ketones (excluding diaryl/α,β-unsaturated/α-hetero) is 1. The third-order valence-electron chi connectivity index (χ3n) is 6.63. The Labute approximate surface area is 172 Å². The lowest BCUT2D eigenvalue weighted by molar-refractivity contribution is -0.154. The van der Waals surface area contributed by atoms with Crippen LogP contribution in [0.5, 0.6) is 5.75 Å². The molecule has 0 spiro atoms. The average Bonchev–Trinajstić information content (AvgIpc) is 3.26. The average molecular weight is 398 g/mol. The highest BCUT2D eigenvalue weighted by Crippen LogP contribution is 2.39. The van der Waals surface area contributed by atoms with Crippen molar-refractivity contribution in [2.75, 3.05) is 7.11 Å². The van der Waals surface area contributed by atoms with Crippen LogP contribution in [-0.2, 0) is 19.1 Å². The Hall–Kier alpha value is -2.30. The van der Waals surface area contributed by atoms with Crippen LogP contribution in [0, 0.1) is 11.8 Å². The fraction of sp³-hybridized carbons (Fsp3) is 0.583. The number of carbonyl (C=O) groups is 2. The van der Waals surface area contributed by atoms with Gasteiger partial charge in [0.25, 0.3) is 0 Å². The zero-order valence-electron chi connectivity index (χ0n) is 17.1. The Morgan fingerprint density at radius 1 is 1.14 bits per heavy atom. The number of fused-ring (bicyclic) bond motifs is 1. The van der Waals surface area contributed by atoms with Gasteiger partial charge in [-0.15, -0.1) is 0 Å². The number of benzene rings is 1. The monoisotopic (exact) mass is 398 g/mol. The van der Waals surface area contributed by atoms with Gasteiger partial charge in [0.05, 0.1) is 24.9 Å². The molecular formula is C24H30O5. The molecule has 0 aromatic heterocycles. The van der Waals surface area contributed by atoms with Gasteiger partial charge in [-0.25, -0.2) is 0 Å². The lowest BCUT2D eigenvalue weighted by Gasteiger charge is -2.37. The van der Waals surface area contributed by atoms with E-state index in [4.69, 9.17) is 14.2 Å². The second-order valence-corrected chi connectivity index (χ2v) is 8.49. The van der Waals surface area contributed by atoms with E-state index in [-0.39, 0.29) is 29.9 Å². The summed E-state index contributed by atoms with van der Waals surface area (Å²) in [7, 11) is 1.60. The fourth-order valence-electron chi connectivity index (χ4n) is 4.99. The third-order valence-corrected chi connectivity index (χ3v) is 6.63. The minimum atomic E-state index is -0.220. The third kappa shape index (κ3) is 4.49. The maximum Gasteiger partial charge on any atom is 0.306 e. The van der Waals surface area contributed by atoms with Crippen LogP contribution in [0.1, 0.15) is 63.4 Å². The first-order valence-electron chi connectivity index (χ1n) is 10.9. The number of esters is 1. The molecule has 2 fully saturated rings. The Kier molecular flexibility index (Phi) is 6.22. The van der Waals surface area contributed by atoms with Gasteiger partial charge >= 0.3 is 5.97 Å². The fourth-order valence-corrected chi connectivity index (χ4v) is 4.99. The smallest absolute Gasteiger partial charge is 0.306 e. The lowest BCUT2D eigenvalue weighted by atomic mass is 9.77. The number of ketones is 1. The number of rotatable bonds is 6. The van der Waals surface area contributed by atoms with Crippen molar-refractivity contribution in [3.63, 3.8) is 0 Å². The summed E-state index contributed by atoms with van der Waals surface area (Å²) in [5, 5.41) is 0. The van der Waals surface area contributed by atoms with Crippen LogP contribution in [-0.4, -0.2) is 31.1 Å². The second-order valence-electron chi connectivity index (χ2n) is 8.49. The molecule has 1 aliphatic heterocycles. The summed E-state index contributed by atoms with van der Waals surface area (Å²) in [5.74, 6) is 1.16. The minimum absolute atomic E-state index is 0.0942. The molecule has 5 heteroatoms. The maximum absolute atomic E-state index is 13.1. The Morgan fingerprint density at radius 2 is 1.93 bits per heavy atom. The van der Waals surface area contributed by atoms with E-state index in [1.807, 2.05) is 24.3 Å². The highest BCUT2D eigenvalue weighted by atomic mass is 16.5. The quantitative estimate of drug-likeness (QED) is 0.651. The maximum atomic E-state index is 13.1. The second kappa shape index (κ2) is 9.02. The Balaban J connectivity index is 1.34. The van der Waals surface area contributed by atoms with E-state index in [0.717, 1.165) is 12.0 Å². The first kappa shape index (κ1) is 20.0. The van der Waals surface area contributed by atoms with Crippen LogP contribution < -0.4 is 4.74 Å². The van der Waals surface area contributed by atoms with Crippen LogP contribution in [0.25, 0.3) is 5.57 Å². The molecule has 5 nitrogen and oxygen atoms in total. The number of carbonyl (C=O) groups excluding carboxylic acids is 2. The summed E-state index contributed by atoms with van der Waals surface area (Å²) >= 11 is 0. The summed E-state index contributed by atoms with van der Waals surface area (Å²) in [5.41, 5.74) is 1.33. The van der Waals surface area contributed by atoms with Crippen molar-refractivity contribution in [2.45, 2.75) is 70.0 Å². The van der Waals surface area contributed by atoms with Crippen molar-refractivity contribution >= 4 is 17.3 Å². The van der Waals surface area contributed by atoms with Gasteiger partial charge in [-0.3, -0.25) is 9.59 Å². The van der Waals surface area contributed by atoms with E-state index in [1.54, 1.807) is 13.4 Å². The molecule has 3 atom stereocenters. The highest BCUT2D eigenvalue weighted by molar-refractivity contribution is 6.22. The van der Waals surface area contributed by atoms with E-state index >= 15 is 0 Å². The predicted octanol–water partition coefficient (Wildman–Crippen LogP) is 4.69. The summed E-state index contributed by atoms with van der Waals surface area (Å²) in [6.45, 7) is 0. The largest absolute Gasteiger partial charge is 0.496 e. The molecule has 1 heterocycles. The molecule has 0 bridgehead atoms. The van der Waals surface area contributed by atoms with Crippen molar-refractivity contribution in [2.24, 2.45) is 11.8 Å². The van der Waals surface area contributed by atoms with Crippen LogP contribution in [0.2, 0.25) is 0 Å². The molecular weight excluding hydrogens is 368 g/mol. The normalized spacial score (nSPS) is 27.0. The van der Waals surface area contributed by atoms with Gasteiger partial charge in [-0.1, -0.05) is 43.9 Å². The van der Waals surface area contributed by atoms with Gasteiger partial charge in [0.15, 0.2) is 5.78 Å². The van der Waals surface area contributed by atoms with Crippen molar-refractivity contribution in [1.82, 2.24) is 0 Å². The molecule has 0 N–H and O–H groups in total. The standard InChI is InChI=1S/C24H30O5/c1-27-21-9-5-4-8-18(21)20-15-28-22-14-17(11-12-19(22)24(20)26)29-23(25)13-10-16-6-2-3-7-16/h4-5,8-9,15-17,19,22H,2-3,6-7,10-14H2,1H3. The van der Waals surface area contributed by atoms with Crippen LogP contribution >= 0.6 is 0 Å².